The van der Waals surface area contributed by atoms with E-state index in [1.165, 1.54) is 0 Å². The lowest BCUT2D eigenvalue weighted by molar-refractivity contribution is 0.669. The Balaban J connectivity index is 1.46. The molecule has 1 heteroatoms. The van der Waals surface area contributed by atoms with Crippen molar-refractivity contribution >= 4 is 75.8 Å². The molecule has 0 saturated heterocycles. The van der Waals surface area contributed by atoms with Crippen molar-refractivity contribution in [1.82, 2.24) is 0 Å². The zero-order valence-electron chi connectivity index (χ0n) is 55.4. The molecule has 0 fully saturated rings. The SMILES string of the molecule is [2H]c1c([2H])c(-c2c([2H])c([2H])c([2H])c3c(-c4c5c([2H])c([2H])c([2H])c([2H])c5c(-c5c([2H])c([2H])c6c([2H])c([2H])c([2H])c([2H])c6c5[2H])c5c([2H])c([2H])c([2H])c([2H])c45)c([2H])c([2H])c([2H])c23)c2c(oc3c([2H])c([2H])c4c([2H])c([2H])c([2H])c([2H])c4c32)c1[2H]. The third-order valence-electron chi connectivity index (χ3n) is 8.64. The first kappa shape index (κ1) is 11.7. The maximum absolute atomic E-state index is 9.70. The van der Waals surface area contributed by atoms with E-state index in [0.717, 1.165) is 0 Å². The highest BCUT2D eigenvalue weighted by atomic mass is 16.3. The second-order valence-electron chi connectivity index (χ2n) is 11.3. The van der Waals surface area contributed by atoms with Crippen molar-refractivity contribution < 1.29 is 45.5 Å². The van der Waals surface area contributed by atoms with Crippen LogP contribution in [0.2, 0.25) is 0 Å². The zero-order valence-corrected chi connectivity index (χ0v) is 25.4. The lowest BCUT2D eigenvalue weighted by Gasteiger charge is -2.19. The normalized spacial score (nSPS) is 20.2. The van der Waals surface area contributed by atoms with E-state index in [9.17, 15) is 17.8 Å². The van der Waals surface area contributed by atoms with Crippen molar-refractivity contribution in [3.05, 3.63) is 181 Å². The van der Waals surface area contributed by atoms with Gasteiger partial charge in [0, 0.05) is 10.8 Å². The van der Waals surface area contributed by atoms with Gasteiger partial charge in [-0.2, -0.15) is 0 Å². The first-order chi connectivity index (χ1) is 37.8. The van der Waals surface area contributed by atoms with Crippen LogP contribution in [0.4, 0.5) is 0 Å². The predicted molar refractivity (Wildman–Crippen MR) is 218 cm³/mol. The Labute approximate surface area is 336 Å². The Hall–Kier alpha value is -6.70. The van der Waals surface area contributed by atoms with E-state index in [-0.39, 0.29) is 0 Å². The van der Waals surface area contributed by atoms with Crippen LogP contribution in [0.25, 0.3) is 109 Å². The van der Waals surface area contributed by atoms with Gasteiger partial charge in [0.25, 0.3) is 0 Å². The molecule has 0 bridgehead atoms. The number of hydrogen-bond donors (Lipinski definition) is 0. The van der Waals surface area contributed by atoms with Gasteiger partial charge in [0.15, 0.2) is 0 Å². The van der Waals surface area contributed by atoms with Crippen LogP contribution in [0.1, 0.15) is 41.1 Å². The van der Waals surface area contributed by atoms with Gasteiger partial charge in [0.05, 0.1) is 41.1 Å². The fraction of sp³-hybridized carbons (Fsp3) is 0. The van der Waals surface area contributed by atoms with Crippen molar-refractivity contribution in [3.63, 3.8) is 0 Å². The minimum atomic E-state index is -1.12. The Morgan fingerprint density at radius 2 is 0.824 bits per heavy atom. The quantitative estimate of drug-likeness (QED) is 0.170. The van der Waals surface area contributed by atoms with Gasteiger partial charge in [-0.25, -0.2) is 0 Å². The van der Waals surface area contributed by atoms with Gasteiger partial charge >= 0.3 is 0 Å². The molecule has 11 aromatic rings. The highest BCUT2D eigenvalue weighted by molar-refractivity contribution is 6.26. The largest absolute Gasteiger partial charge is 0.456 e. The van der Waals surface area contributed by atoms with Crippen molar-refractivity contribution in [2.24, 2.45) is 0 Å². The van der Waals surface area contributed by atoms with Gasteiger partial charge in [-0.3, -0.25) is 0 Å². The monoisotopic (exact) mass is 676 g/mol. The third-order valence-corrected chi connectivity index (χ3v) is 8.64. The average Bonchev–Trinajstić information content (AvgIpc) is 2.52. The van der Waals surface area contributed by atoms with Gasteiger partial charge in [0.1, 0.15) is 11.2 Å². The Morgan fingerprint density at radius 3 is 1.57 bits per heavy atom. The van der Waals surface area contributed by atoms with E-state index < -0.39 is 290 Å². The molecule has 1 nitrogen and oxygen atoms in total. The first-order valence-corrected chi connectivity index (χ1v) is 15.2. The maximum atomic E-state index is 9.70. The van der Waals surface area contributed by atoms with Gasteiger partial charge in [-0.15, -0.1) is 0 Å². The lowest BCUT2D eigenvalue weighted by atomic mass is 9.83. The van der Waals surface area contributed by atoms with Gasteiger partial charge < -0.3 is 4.42 Å². The molecule has 0 radical (unpaired) electrons. The Morgan fingerprint density at radius 1 is 0.314 bits per heavy atom. The molecular formula is C50H30O. The molecular weight excluding hydrogens is 617 g/mol. The summed E-state index contributed by atoms with van der Waals surface area (Å²) < 4.78 is 280. The topological polar surface area (TPSA) is 13.1 Å². The van der Waals surface area contributed by atoms with Crippen LogP contribution in [0.5, 0.6) is 0 Å². The van der Waals surface area contributed by atoms with Crippen LogP contribution in [0, 0.1) is 0 Å². The maximum Gasteiger partial charge on any atom is 0.136 e. The van der Waals surface area contributed by atoms with E-state index in [0.29, 0.717) is 0 Å². The van der Waals surface area contributed by atoms with Gasteiger partial charge in [0.2, 0.25) is 0 Å². The molecule has 236 valence electrons. The molecule has 0 unspecified atom stereocenters. The first-order valence-electron chi connectivity index (χ1n) is 30.2. The summed E-state index contributed by atoms with van der Waals surface area (Å²) in [6.07, 6.45) is 0. The molecule has 0 N–H and O–H groups in total. The van der Waals surface area contributed by atoms with Crippen LogP contribution in [0.3, 0.4) is 0 Å². The number of furan rings is 1. The summed E-state index contributed by atoms with van der Waals surface area (Å²) in [5.74, 6) is 0. The summed E-state index contributed by atoms with van der Waals surface area (Å²) in [6.45, 7) is 0. The summed E-state index contributed by atoms with van der Waals surface area (Å²) in [7, 11) is 0. The number of hydrogen-bond acceptors (Lipinski definition) is 1. The minimum absolute atomic E-state index is 0.462. The van der Waals surface area contributed by atoms with E-state index in [4.69, 9.17) is 27.7 Å². The van der Waals surface area contributed by atoms with E-state index in [1.807, 2.05) is 0 Å². The van der Waals surface area contributed by atoms with Crippen LogP contribution in [0.15, 0.2) is 186 Å². The molecule has 51 heavy (non-hydrogen) atoms. The average molecular weight is 677 g/mol. The Bertz CT molecular complexity index is 4850. The van der Waals surface area contributed by atoms with Crippen LogP contribution < -0.4 is 0 Å². The number of benzene rings is 10. The fourth-order valence-corrected chi connectivity index (χ4v) is 6.54. The van der Waals surface area contributed by atoms with Crippen molar-refractivity contribution in [2.45, 2.75) is 0 Å². The molecule has 10 aromatic carbocycles. The molecule has 11 rings (SSSR count). The zero-order chi connectivity index (χ0) is 59.6. The highest BCUT2D eigenvalue weighted by Crippen LogP contribution is 2.47. The molecule has 0 saturated carbocycles. The van der Waals surface area contributed by atoms with E-state index in [1.54, 1.807) is 0 Å². The molecule has 0 aliphatic heterocycles. The van der Waals surface area contributed by atoms with Crippen LogP contribution >= 0.6 is 0 Å². The summed E-state index contributed by atoms with van der Waals surface area (Å²) in [4.78, 5) is 0. The smallest absolute Gasteiger partial charge is 0.136 e. The second-order valence-corrected chi connectivity index (χ2v) is 11.3. The van der Waals surface area contributed by atoms with E-state index in [2.05, 4.69) is 0 Å². The minimum Gasteiger partial charge on any atom is -0.456 e. The van der Waals surface area contributed by atoms with Crippen LogP contribution in [-0.2, 0) is 0 Å². The molecule has 0 aliphatic rings. The summed E-state index contributed by atoms with van der Waals surface area (Å²) in [5.41, 5.74) is -6.07. The fourth-order valence-electron chi connectivity index (χ4n) is 6.54. The molecule has 1 heterocycles. The molecule has 1 aromatic heterocycles. The predicted octanol–water partition coefficient (Wildman–Crippen LogP) is 14.4. The highest BCUT2D eigenvalue weighted by Gasteiger charge is 2.20. The molecule has 0 amide bonds. The summed E-state index contributed by atoms with van der Waals surface area (Å²) >= 11 is 0. The summed E-state index contributed by atoms with van der Waals surface area (Å²) in [5, 5.41) is -8.13. The third kappa shape index (κ3) is 4.16. The van der Waals surface area contributed by atoms with Gasteiger partial charge in [-0.05, 0) is 105 Å². The lowest BCUT2D eigenvalue weighted by Crippen LogP contribution is -1.92. The summed E-state index contributed by atoms with van der Waals surface area (Å²) in [6, 6.07) is -28.8. The van der Waals surface area contributed by atoms with Crippen molar-refractivity contribution in [3.8, 4) is 33.4 Å². The number of rotatable bonds is 3. The van der Waals surface area contributed by atoms with E-state index >= 15 is 0 Å². The van der Waals surface area contributed by atoms with Crippen molar-refractivity contribution in [2.75, 3.05) is 0 Å². The van der Waals surface area contributed by atoms with Gasteiger partial charge in [-0.1, -0.05) is 163 Å². The molecule has 0 aliphatic carbocycles. The number of fused-ring (bicyclic) bond motifs is 9. The molecule has 0 spiro atoms. The van der Waals surface area contributed by atoms with Crippen LogP contribution in [-0.4, -0.2) is 0 Å². The second kappa shape index (κ2) is 10.9. The standard InChI is InChI=1S/C50H30O/c1-2-14-33-30-34(27-26-31(33)12-1)47-41-16-5-7-18-43(41)48(44-19-8-6-17-42(44)47)39-23-10-20-36-37(39)21-9-22-38(36)40-24-11-25-45-50(40)49-35-15-4-3-13-32(35)28-29-46(49)51-45/h1-30H/i1D,2D,3D,4D,5D,6D,7D,8D,9D,10D,11D,12D,13D,14D,15D,16D,17D,18D,19D,20D,21D,22D,23D,24D,25D,26D,27D,28D,29D,30D. The van der Waals surface area contributed by atoms with Crippen molar-refractivity contribution in [1.29, 1.82) is 0 Å². The molecule has 0 atom stereocenters. The Kier molecular flexibility index (Phi) is 2.50.